The highest BCUT2D eigenvalue weighted by Crippen LogP contribution is 2.66. The lowest BCUT2D eigenvalue weighted by molar-refractivity contribution is -0.194. The Kier molecular flexibility index (Phi) is 4.48. The summed E-state index contributed by atoms with van der Waals surface area (Å²) in [5.41, 5.74) is -0.536. The van der Waals surface area contributed by atoms with Crippen molar-refractivity contribution in [2.45, 2.75) is 58.9 Å². The third kappa shape index (κ3) is 2.44. The zero-order chi connectivity index (χ0) is 20.2. The van der Waals surface area contributed by atoms with Gasteiger partial charge in [-0.05, 0) is 55.2 Å². The first kappa shape index (κ1) is 19.3. The lowest BCUT2D eigenvalue weighted by Crippen LogP contribution is -2.61. The lowest BCUT2D eigenvalue weighted by Gasteiger charge is -2.52. The minimum atomic E-state index is -1.07. The molecular weight excluding hydrogens is 354 g/mol. The van der Waals surface area contributed by atoms with E-state index in [4.69, 9.17) is 9.47 Å². The molecule has 2 aliphatic heterocycles. The molecule has 4 rings (SSSR count). The predicted octanol–water partition coefficient (Wildman–Crippen LogP) is 4.12. The second kappa shape index (κ2) is 6.50. The van der Waals surface area contributed by atoms with Crippen LogP contribution in [-0.4, -0.2) is 37.0 Å². The number of benzene rings is 1. The molecule has 3 fully saturated rings. The van der Waals surface area contributed by atoms with Crippen LogP contribution in [0.15, 0.2) is 24.3 Å². The van der Waals surface area contributed by atoms with E-state index in [9.17, 15) is 9.59 Å². The quantitative estimate of drug-likeness (QED) is 0.580. The molecule has 5 heteroatoms. The second-order valence-electron chi connectivity index (χ2n) is 9.45. The van der Waals surface area contributed by atoms with Gasteiger partial charge in [0, 0.05) is 12.0 Å². The number of likely N-dealkylation sites (tertiary alicyclic amines) is 1. The smallest absolute Gasteiger partial charge is 0.322 e. The summed E-state index contributed by atoms with van der Waals surface area (Å²) in [5.74, 6) is 0.447. The van der Waals surface area contributed by atoms with E-state index >= 15 is 0 Å². The largest absolute Gasteiger partial charge is 0.497 e. The number of rotatable bonds is 3. The van der Waals surface area contributed by atoms with E-state index in [1.54, 1.807) is 7.11 Å². The molecule has 1 aromatic rings. The van der Waals surface area contributed by atoms with E-state index in [0.29, 0.717) is 19.6 Å². The second-order valence-corrected chi connectivity index (χ2v) is 9.45. The topological polar surface area (TPSA) is 55.8 Å². The number of piperidine rings is 1. The van der Waals surface area contributed by atoms with Crippen LogP contribution >= 0.6 is 0 Å². The summed E-state index contributed by atoms with van der Waals surface area (Å²) in [6.07, 6.45) is 4.40. The van der Waals surface area contributed by atoms with Crippen LogP contribution in [0.2, 0.25) is 0 Å². The van der Waals surface area contributed by atoms with Gasteiger partial charge in [-0.15, -0.1) is 0 Å². The molecule has 28 heavy (non-hydrogen) atoms. The molecule has 1 saturated carbocycles. The van der Waals surface area contributed by atoms with Crippen LogP contribution in [0.5, 0.6) is 5.75 Å². The summed E-state index contributed by atoms with van der Waals surface area (Å²) in [5, 5.41) is 0. The third-order valence-electron chi connectivity index (χ3n) is 8.13. The van der Waals surface area contributed by atoms with Crippen molar-refractivity contribution in [3.63, 3.8) is 0 Å². The molecule has 2 bridgehead atoms. The Balaban J connectivity index is 1.71. The Hall–Kier alpha value is -2.04. The van der Waals surface area contributed by atoms with Crippen LogP contribution in [0.3, 0.4) is 0 Å². The van der Waals surface area contributed by atoms with E-state index in [0.717, 1.165) is 37.0 Å². The Morgan fingerprint density at radius 3 is 2.54 bits per heavy atom. The van der Waals surface area contributed by atoms with E-state index in [2.05, 4.69) is 20.8 Å². The molecule has 0 radical (unpaired) electrons. The highest BCUT2D eigenvalue weighted by atomic mass is 16.5. The summed E-state index contributed by atoms with van der Waals surface area (Å²) in [7, 11) is 1.65. The fourth-order valence-electron chi connectivity index (χ4n) is 5.62. The number of nitrogens with zero attached hydrogens (tertiary/aromatic N) is 1. The van der Waals surface area contributed by atoms with Crippen molar-refractivity contribution in [1.82, 2.24) is 4.90 Å². The number of carbonyl (C=O) groups is 2. The van der Waals surface area contributed by atoms with Crippen molar-refractivity contribution in [3.8, 4) is 5.75 Å². The molecule has 0 unspecified atom stereocenters. The molecule has 3 aliphatic rings. The molecule has 3 atom stereocenters. The third-order valence-corrected chi connectivity index (χ3v) is 8.13. The Morgan fingerprint density at radius 1 is 1.14 bits per heavy atom. The fourth-order valence-corrected chi connectivity index (χ4v) is 5.62. The highest BCUT2D eigenvalue weighted by Gasteiger charge is 2.72. The van der Waals surface area contributed by atoms with Crippen molar-refractivity contribution < 1.29 is 19.1 Å². The molecule has 5 nitrogen and oxygen atoms in total. The number of cyclic esters (lactones) is 1. The van der Waals surface area contributed by atoms with Crippen molar-refractivity contribution in [2.24, 2.45) is 16.2 Å². The number of amides is 1. The van der Waals surface area contributed by atoms with Gasteiger partial charge in [0.1, 0.15) is 5.75 Å². The zero-order valence-corrected chi connectivity index (χ0v) is 17.4. The number of hydrogen-bond donors (Lipinski definition) is 0. The zero-order valence-electron chi connectivity index (χ0n) is 17.4. The first-order valence-corrected chi connectivity index (χ1v) is 10.4. The first-order valence-electron chi connectivity index (χ1n) is 10.4. The van der Waals surface area contributed by atoms with Crippen LogP contribution in [0.1, 0.15) is 64.5 Å². The maximum Gasteiger partial charge on any atom is 0.322 e. The standard InChI is InChI=1S/C23H31NO4/c1-21(2)22(3)12-13-23(21,20(26)28-15-22)19(25)24-14-6-5-7-18(24)16-8-10-17(27-4)11-9-16/h8-11,18H,5-7,12-15H2,1-4H3/t18-,22+,23-/m0/s1. The molecule has 2 saturated heterocycles. The van der Waals surface area contributed by atoms with Crippen LogP contribution < -0.4 is 4.74 Å². The summed E-state index contributed by atoms with van der Waals surface area (Å²) < 4.78 is 10.9. The van der Waals surface area contributed by atoms with E-state index in [1.807, 2.05) is 29.2 Å². The number of carbonyl (C=O) groups excluding carboxylic acids is 2. The molecular formula is C23H31NO4. The maximum absolute atomic E-state index is 14.0. The summed E-state index contributed by atoms with van der Waals surface area (Å²) >= 11 is 0. The van der Waals surface area contributed by atoms with Gasteiger partial charge < -0.3 is 14.4 Å². The Bertz CT molecular complexity index is 786. The summed E-state index contributed by atoms with van der Waals surface area (Å²) in [6.45, 7) is 7.44. The number of fused-ring (bicyclic) bond motifs is 2. The van der Waals surface area contributed by atoms with Crippen molar-refractivity contribution in [2.75, 3.05) is 20.3 Å². The van der Waals surface area contributed by atoms with E-state index in [1.165, 1.54) is 0 Å². The maximum atomic E-state index is 14.0. The highest BCUT2D eigenvalue weighted by molar-refractivity contribution is 6.05. The molecule has 2 heterocycles. The van der Waals surface area contributed by atoms with Gasteiger partial charge in [-0.1, -0.05) is 32.9 Å². The number of ether oxygens (including phenoxy) is 2. The minimum Gasteiger partial charge on any atom is -0.497 e. The van der Waals surface area contributed by atoms with Crippen LogP contribution in [-0.2, 0) is 14.3 Å². The Labute approximate surface area is 167 Å². The number of hydrogen-bond acceptors (Lipinski definition) is 4. The normalized spacial score (nSPS) is 34.1. The predicted molar refractivity (Wildman–Crippen MR) is 106 cm³/mol. The van der Waals surface area contributed by atoms with Crippen LogP contribution in [0.25, 0.3) is 0 Å². The Morgan fingerprint density at radius 2 is 1.86 bits per heavy atom. The molecule has 1 amide bonds. The van der Waals surface area contributed by atoms with Gasteiger partial charge in [0.2, 0.25) is 5.91 Å². The molecule has 1 aromatic carbocycles. The molecule has 1 aliphatic carbocycles. The number of methoxy groups -OCH3 is 1. The summed E-state index contributed by atoms with van der Waals surface area (Å²) in [6, 6.07) is 7.96. The molecule has 0 N–H and O–H groups in total. The molecule has 0 aromatic heterocycles. The van der Waals surface area contributed by atoms with Gasteiger partial charge in [-0.2, -0.15) is 0 Å². The monoisotopic (exact) mass is 385 g/mol. The van der Waals surface area contributed by atoms with Crippen LogP contribution in [0, 0.1) is 16.2 Å². The fraction of sp³-hybridized carbons (Fsp3) is 0.652. The van der Waals surface area contributed by atoms with E-state index < -0.39 is 10.8 Å². The SMILES string of the molecule is COc1ccc([C@@H]2CCCCN2C(=O)[C@@]23CC[C@](C)(COC2=O)C3(C)C)cc1. The minimum absolute atomic E-state index is 0.00101. The van der Waals surface area contributed by atoms with Crippen molar-refractivity contribution >= 4 is 11.9 Å². The summed E-state index contributed by atoms with van der Waals surface area (Å²) in [4.78, 5) is 29.0. The first-order chi connectivity index (χ1) is 13.3. The molecule has 152 valence electrons. The van der Waals surface area contributed by atoms with Crippen molar-refractivity contribution in [1.29, 1.82) is 0 Å². The van der Waals surface area contributed by atoms with E-state index in [-0.39, 0.29) is 23.3 Å². The lowest BCUT2D eigenvalue weighted by atomic mass is 9.57. The molecule has 0 spiro atoms. The van der Waals surface area contributed by atoms with Gasteiger partial charge in [0.15, 0.2) is 5.41 Å². The van der Waals surface area contributed by atoms with Gasteiger partial charge in [-0.3, -0.25) is 9.59 Å². The van der Waals surface area contributed by atoms with Gasteiger partial charge in [0.25, 0.3) is 0 Å². The van der Waals surface area contributed by atoms with Crippen LogP contribution in [0.4, 0.5) is 0 Å². The van der Waals surface area contributed by atoms with Gasteiger partial charge in [0.05, 0.1) is 19.8 Å². The van der Waals surface area contributed by atoms with Gasteiger partial charge >= 0.3 is 5.97 Å². The average molecular weight is 386 g/mol. The van der Waals surface area contributed by atoms with Gasteiger partial charge in [-0.25, -0.2) is 0 Å². The van der Waals surface area contributed by atoms with Crippen molar-refractivity contribution in [3.05, 3.63) is 29.8 Å². The number of esters is 1. The average Bonchev–Trinajstić information content (AvgIpc) is 2.82.